The van der Waals surface area contributed by atoms with Gasteiger partial charge < -0.3 is 10.2 Å². The summed E-state index contributed by atoms with van der Waals surface area (Å²) in [5, 5.41) is 19.9. The largest absolute Gasteiger partial charge is 0.508 e. The van der Waals surface area contributed by atoms with Crippen LogP contribution in [0.25, 0.3) is 0 Å². The summed E-state index contributed by atoms with van der Waals surface area (Å²) in [5.41, 5.74) is 1.78. The maximum atomic E-state index is 9.97. The van der Waals surface area contributed by atoms with Crippen LogP contribution in [0.1, 0.15) is 51.7 Å². The smallest absolute Gasteiger partial charge is 0.119 e. The van der Waals surface area contributed by atoms with E-state index in [9.17, 15) is 10.2 Å². The molecule has 2 nitrogen and oxygen atoms in total. The lowest BCUT2D eigenvalue weighted by molar-refractivity contribution is 0.391. The van der Waals surface area contributed by atoms with Gasteiger partial charge in [-0.1, -0.05) is 34.1 Å². The van der Waals surface area contributed by atoms with Crippen molar-refractivity contribution in [3.8, 4) is 11.5 Å². The first-order chi connectivity index (χ1) is 7.83. The molecule has 2 N–H and O–H groups in total. The molecule has 0 heterocycles. The van der Waals surface area contributed by atoms with E-state index in [0.717, 1.165) is 36.8 Å². The van der Waals surface area contributed by atoms with Gasteiger partial charge in [0.1, 0.15) is 11.5 Å². The highest BCUT2D eigenvalue weighted by molar-refractivity contribution is 5.45. The zero-order valence-electron chi connectivity index (χ0n) is 11.4. The summed E-state index contributed by atoms with van der Waals surface area (Å²) < 4.78 is 0. The number of phenols is 2. The average Bonchev–Trinajstić information content (AvgIpc) is 2.19. The molecule has 0 unspecified atom stereocenters. The van der Waals surface area contributed by atoms with Crippen LogP contribution in [-0.2, 0) is 12.8 Å². The van der Waals surface area contributed by atoms with Crippen LogP contribution < -0.4 is 0 Å². The molecule has 0 saturated carbocycles. The van der Waals surface area contributed by atoms with Gasteiger partial charge in [0.2, 0.25) is 0 Å². The van der Waals surface area contributed by atoms with Gasteiger partial charge in [-0.05, 0) is 47.9 Å². The zero-order valence-corrected chi connectivity index (χ0v) is 11.4. The monoisotopic (exact) mass is 236 g/mol. The molecule has 0 spiro atoms. The second-order valence-corrected chi connectivity index (χ2v) is 5.95. The van der Waals surface area contributed by atoms with E-state index in [4.69, 9.17) is 0 Å². The van der Waals surface area contributed by atoms with Crippen LogP contribution in [0.15, 0.2) is 12.1 Å². The van der Waals surface area contributed by atoms with E-state index in [2.05, 4.69) is 27.7 Å². The van der Waals surface area contributed by atoms with Crippen LogP contribution in [0.2, 0.25) is 0 Å². The molecular formula is C15H24O2. The van der Waals surface area contributed by atoms with Crippen molar-refractivity contribution >= 4 is 0 Å². The fraction of sp³-hybridized carbons (Fsp3) is 0.600. The number of rotatable bonds is 4. The molecule has 0 aliphatic carbocycles. The minimum atomic E-state index is 0.106. The first-order valence-electron chi connectivity index (χ1n) is 6.37. The highest BCUT2D eigenvalue weighted by Crippen LogP contribution is 2.32. The van der Waals surface area contributed by atoms with E-state index in [-0.39, 0.29) is 5.41 Å². The molecule has 0 amide bonds. The Labute approximate surface area is 104 Å². The van der Waals surface area contributed by atoms with E-state index in [1.54, 1.807) is 12.1 Å². The van der Waals surface area contributed by atoms with Gasteiger partial charge in [0, 0.05) is 0 Å². The molecule has 96 valence electrons. The Morgan fingerprint density at radius 2 is 1.53 bits per heavy atom. The molecule has 17 heavy (non-hydrogen) atoms. The topological polar surface area (TPSA) is 40.5 Å². The van der Waals surface area contributed by atoms with Crippen molar-refractivity contribution in [2.24, 2.45) is 5.41 Å². The van der Waals surface area contributed by atoms with Crippen molar-refractivity contribution in [3.63, 3.8) is 0 Å². The second kappa shape index (κ2) is 5.44. The predicted octanol–water partition coefficient (Wildman–Crippen LogP) is 4.03. The quantitative estimate of drug-likeness (QED) is 0.775. The minimum Gasteiger partial charge on any atom is -0.508 e. The van der Waals surface area contributed by atoms with Crippen LogP contribution in [0.3, 0.4) is 0 Å². The summed E-state index contributed by atoms with van der Waals surface area (Å²) in [6.07, 6.45) is 3.71. The Kier molecular flexibility index (Phi) is 4.44. The third-order valence-corrected chi connectivity index (χ3v) is 2.80. The third kappa shape index (κ3) is 4.29. The number of hydrogen-bond acceptors (Lipinski definition) is 2. The van der Waals surface area contributed by atoms with Crippen molar-refractivity contribution in [3.05, 3.63) is 23.3 Å². The number of aryl methyl sites for hydroxylation is 1. The SMILES string of the molecule is CCCCc1cc(O)c(CC(C)(C)C)cc1O. The highest BCUT2D eigenvalue weighted by Gasteiger charge is 2.16. The summed E-state index contributed by atoms with van der Waals surface area (Å²) in [5.74, 6) is 0.624. The number of unbranched alkanes of at least 4 members (excludes halogenated alkanes) is 1. The van der Waals surface area contributed by atoms with Gasteiger partial charge in [-0.15, -0.1) is 0 Å². The summed E-state index contributed by atoms with van der Waals surface area (Å²) >= 11 is 0. The lowest BCUT2D eigenvalue weighted by atomic mass is 9.87. The molecule has 1 rings (SSSR count). The molecule has 0 aliphatic rings. The lowest BCUT2D eigenvalue weighted by Gasteiger charge is -2.19. The van der Waals surface area contributed by atoms with Gasteiger partial charge in [-0.3, -0.25) is 0 Å². The summed E-state index contributed by atoms with van der Waals surface area (Å²) in [7, 11) is 0. The summed E-state index contributed by atoms with van der Waals surface area (Å²) in [6, 6.07) is 3.43. The molecule has 0 fully saturated rings. The number of hydrogen-bond donors (Lipinski definition) is 2. The van der Waals surface area contributed by atoms with E-state index in [1.165, 1.54) is 0 Å². The van der Waals surface area contributed by atoms with E-state index in [1.807, 2.05) is 0 Å². The number of phenolic OH excluding ortho intramolecular Hbond substituents is 2. The molecule has 0 aliphatic heterocycles. The van der Waals surface area contributed by atoms with Gasteiger partial charge in [0.05, 0.1) is 0 Å². The van der Waals surface area contributed by atoms with Crippen LogP contribution in [0.4, 0.5) is 0 Å². The van der Waals surface area contributed by atoms with Crippen molar-refractivity contribution in [1.82, 2.24) is 0 Å². The Bertz CT molecular complexity index is 375. The fourth-order valence-corrected chi connectivity index (χ4v) is 1.94. The molecule has 1 aromatic carbocycles. The molecule has 0 bridgehead atoms. The second-order valence-electron chi connectivity index (χ2n) is 5.95. The van der Waals surface area contributed by atoms with Gasteiger partial charge in [-0.25, -0.2) is 0 Å². The molecule has 0 saturated heterocycles. The zero-order chi connectivity index (χ0) is 13.1. The van der Waals surface area contributed by atoms with Gasteiger partial charge in [-0.2, -0.15) is 0 Å². The van der Waals surface area contributed by atoms with E-state index < -0.39 is 0 Å². The minimum absolute atomic E-state index is 0.106. The summed E-state index contributed by atoms with van der Waals surface area (Å²) in [4.78, 5) is 0. The molecule has 2 heteroatoms. The van der Waals surface area contributed by atoms with Gasteiger partial charge in [0.15, 0.2) is 0 Å². The molecule has 0 atom stereocenters. The van der Waals surface area contributed by atoms with E-state index in [0.29, 0.717) is 11.5 Å². The first-order valence-corrected chi connectivity index (χ1v) is 6.37. The van der Waals surface area contributed by atoms with E-state index >= 15 is 0 Å². The molecular weight excluding hydrogens is 212 g/mol. The standard InChI is InChI=1S/C15H24O2/c1-5-6-7-11-8-14(17)12(9-13(11)16)10-15(2,3)4/h8-9,16-17H,5-7,10H2,1-4H3. The average molecular weight is 236 g/mol. The Hall–Kier alpha value is -1.18. The highest BCUT2D eigenvalue weighted by atomic mass is 16.3. The third-order valence-electron chi connectivity index (χ3n) is 2.80. The normalized spacial score (nSPS) is 11.8. The summed E-state index contributed by atoms with van der Waals surface area (Å²) in [6.45, 7) is 8.47. The maximum Gasteiger partial charge on any atom is 0.119 e. The number of aromatic hydroxyl groups is 2. The number of benzene rings is 1. The molecule has 1 aromatic rings. The van der Waals surface area contributed by atoms with Crippen LogP contribution >= 0.6 is 0 Å². The van der Waals surface area contributed by atoms with Crippen molar-refractivity contribution < 1.29 is 10.2 Å². The fourth-order valence-electron chi connectivity index (χ4n) is 1.94. The Balaban J connectivity index is 2.93. The Morgan fingerprint density at radius 1 is 1.00 bits per heavy atom. The van der Waals surface area contributed by atoms with Crippen molar-refractivity contribution in [2.45, 2.75) is 53.4 Å². The van der Waals surface area contributed by atoms with Crippen LogP contribution in [0.5, 0.6) is 11.5 Å². The maximum absolute atomic E-state index is 9.97. The molecule has 0 radical (unpaired) electrons. The van der Waals surface area contributed by atoms with Crippen molar-refractivity contribution in [2.75, 3.05) is 0 Å². The van der Waals surface area contributed by atoms with Crippen molar-refractivity contribution in [1.29, 1.82) is 0 Å². The van der Waals surface area contributed by atoms with Gasteiger partial charge in [0.25, 0.3) is 0 Å². The predicted molar refractivity (Wildman–Crippen MR) is 71.5 cm³/mol. The Morgan fingerprint density at radius 3 is 2.06 bits per heavy atom. The van der Waals surface area contributed by atoms with Crippen LogP contribution in [0, 0.1) is 5.41 Å². The van der Waals surface area contributed by atoms with Crippen LogP contribution in [-0.4, -0.2) is 10.2 Å². The molecule has 0 aromatic heterocycles. The first kappa shape index (κ1) is 13.9. The van der Waals surface area contributed by atoms with Gasteiger partial charge >= 0.3 is 0 Å². The lowest BCUT2D eigenvalue weighted by Crippen LogP contribution is -2.09.